The Labute approximate surface area is 213 Å². The van der Waals surface area contributed by atoms with E-state index in [4.69, 9.17) is 14.2 Å². The van der Waals surface area contributed by atoms with Gasteiger partial charge in [-0.15, -0.1) is 0 Å². The van der Waals surface area contributed by atoms with E-state index in [1.165, 1.54) is 5.56 Å². The number of methoxy groups -OCH3 is 3. The summed E-state index contributed by atoms with van der Waals surface area (Å²) in [5.41, 5.74) is 3.89. The summed E-state index contributed by atoms with van der Waals surface area (Å²) in [6.07, 6.45) is 9.74. The van der Waals surface area contributed by atoms with Gasteiger partial charge in [-0.25, -0.2) is 0 Å². The van der Waals surface area contributed by atoms with Gasteiger partial charge in [0.2, 0.25) is 5.75 Å². The summed E-state index contributed by atoms with van der Waals surface area (Å²) < 4.78 is 20.2. The summed E-state index contributed by atoms with van der Waals surface area (Å²) in [6, 6.07) is 6.33. The number of ether oxygens (including phenoxy) is 3. The maximum atomic E-state index is 13.3. The predicted octanol–water partition coefficient (Wildman–Crippen LogP) is 5.07. The van der Waals surface area contributed by atoms with Crippen LogP contribution in [0.1, 0.15) is 51.0 Å². The number of nitrogens with one attached hydrogen (secondary N) is 1. The van der Waals surface area contributed by atoms with Gasteiger partial charge in [0, 0.05) is 43.2 Å². The van der Waals surface area contributed by atoms with Gasteiger partial charge in [0.1, 0.15) is 5.69 Å². The molecule has 1 N–H and O–H groups in total. The van der Waals surface area contributed by atoms with Gasteiger partial charge in [0.25, 0.3) is 5.56 Å². The normalized spacial score (nSPS) is 17.8. The molecule has 0 aliphatic heterocycles. The minimum absolute atomic E-state index is 0.0306. The second-order valence-electron chi connectivity index (χ2n) is 10.0. The highest BCUT2D eigenvalue weighted by Gasteiger charge is 2.26. The number of aryl methyl sites for hydroxylation is 1. The Morgan fingerprint density at radius 2 is 1.64 bits per heavy atom. The van der Waals surface area contributed by atoms with E-state index in [9.17, 15) is 4.79 Å². The van der Waals surface area contributed by atoms with Gasteiger partial charge in [-0.3, -0.25) is 9.48 Å². The third-order valence-electron chi connectivity index (χ3n) is 6.93. The van der Waals surface area contributed by atoms with Crippen molar-refractivity contribution in [2.24, 2.45) is 13.0 Å². The molecule has 8 nitrogen and oxygen atoms in total. The summed E-state index contributed by atoms with van der Waals surface area (Å²) in [5, 5.41) is 7.89. The molecule has 2 aromatic heterocycles. The molecule has 8 heteroatoms. The van der Waals surface area contributed by atoms with Gasteiger partial charge in [0.05, 0.1) is 27.5 Å². The van der Waals surface area contributed by atoms with Gasteiger partial charge in [-0.2, -0.15) is 5.10 Å². The van der Waals surface area contributed by atoms with Crippen LogP contribution in [0.3, 0.4) is 0 Å². The summed E-state index contributed by atoms with van der Waals surface area (Å²) >= 11 is 0. The van der Waals surface area contributed by atoms with E-state index in [-0.39, 0.29) is 11.6 Å². The first kappa shape index (κ1) is 25.7. The lowest BCUT2D eigenvalue weighted by molar-refractivity contribution is 0.322. The average molecular weight is 495 g/mol. The molecule has 1 aliphatic carbocycles. The average Bonchev–Trinajstić information content (AvgIpc) is 3.31. The smallest absolute Gasteiger partial charge is 0.273 e. The molecule has 36 heavy (non-hydrogen) atoms. The van der Waals surface area contributed by atoms with Gasteiger partial charge in [0.15, 0.2) is 11.5 Å². The van der Waals surface area contributed by atoms with Crippen molar-refractivity contribution in [1.82, 2.24) is 14.3 Å². The van der Waals surface area contributed by atoms with Crippen molar-refractivity contribution in [2.45, 2.75) is 58.0 Å². The Morgan fingerprint density at radius 1 is 0.972 bits per heavy atom. The van der Waals surface area contributed by atoms with Crippen LogP contribution in [-0.2, 0) is 13.6 Å². The van der Waals surface area contributed by atoms with Gasteiger partial charge < -0.3 is 24.1 Å². The van der Waals surface area contributed by atoms with Crippen LogP contribution >= 0.6 is 0 Å². The minimum atomic E-state index is 0.0306. The van der Waals surface area contributed by atoms with E-state index < -0.39 is 0 Å². The summed E-state index contributed by atoms with van der Waals surface area (Å²) in [7, 11) is 6.82. The van der Waals surface area contributed by atoms with Crippen LogP contribution in [0.25, 0.3) is 11.1 Å². The van der Waals surface area contributed by atoms with E-state index in [1.807, 2.05) is 36.3 Å². The zero-order valence-electron chi connectivity index (χ0n) is 22.2. The molecule has 1 saturated carbocycles. The number of benzene rings is 1. The van der Waals surface area contributed by atoms with Gasteiger partial charge in [-0.05, 0) is 61.3 Å². The second kappa shape index (κ2) is 11.1. The molecule has 0 bridgehead atoms. The number of nitrogens with zero attached hydrogens (tertiary/aromatic N) is 3. The van der Waals surface area contributed by atoms with Gasteiger partial charge >= 0.3 is 0 Å². The largest absolute Gasteiger partial charge is 0.493 e. The molecule has 0 unspecified atom stereocenters. The van der Waals surface area contributed by atoms with Crippen LogP contribution in [0.15, 0.2) is 41.6 Å². The maximum absolute atomic E-state index is 13.3. The zero-order chi connectivity index (χ0) is 25.8. The van der Waals surface area contributed by atoms with E-state index in [1.54, 1.807) is 26.0 Å². The lowest BCUT2D eigenvalue weighted by Crippen LogP contribution is -2.31. The fourth-order valence-corrected chi connectivity index (χ4v) is 5.12. The first-order valence-corrected chi connectivity index (χ1v) is 12.6. The van der Waals surface area contributed by atoms with E-state index >= 15 is 0 Å². The summed E-state index contributed by atoms with van der Waals surface area (Å²) in [5.74, 6) is 2.75. The molecule has 4 rings (SSSR count). The molecule has 0 radical (unpaired) electrons. The molecular formula is C28H38N4O4. The minimum Gasteiger partial charge on any atom is -0.493 e. The molecule has 1 aliphatic rings. The molecule has 0 amide bonds. The molecule has 3 aromatic rings. The third kappa shape index (κ3) is 5.53. The number of anilines is 1. The van der Waals surface area contributed by atoms with Crippen molar-refractivity contribution in [1.29, 1.82) is 0 Å². The van der Waals surface area contributed by atoms with Crippen molar-refractivity contribution in [3.8, 4) is 28.4 Å². The number of hydrogen-bond acceptors (Lipinski definition) is 6. The first-order valence-electron chi connectivity index (χ1n) is 12.6. The third-order valence-corrected chi connectivity index (χ3v) is 6.93. The first-order chi connectivity index (χ1) is 17.3. The van der Waals surface area contributed by atoms with Crippen molar-refractivity contribution >= 4 is 5.69 Å². The van der Waals surface area contributed by atoms with Crippen molar-refractivity contribution in [3.63, 3.8) is 0 Å². The molecule has 0 atom stereocenters. The lowest BCUT2D eigenvalue weighted by atomic mass is 9.81. The molecule has 2 heterocycles. The Kier molecular flexibility index (Phi) is 7.91. The molecule has 194 valence electrons. The van der Waals surface area contributed by atoms with Crippen LogP contribution in [-0.4, -0.2) is 41.7 Å². The Morgan fingerprint density at radius 3 is 2.17 bits per heavy atom. The van der Waals surface area contributed by atoms with Crippen LogP contribution in [0, 0.1) is 5.92 Å². The van der Waals surface area contributed by atoms with E-state index in [0.29, 0.717) is 41.3 Å². The van der Waals surface area contributed by atoms with E-state index in [0.717, 1.165) is 36.8 Å². The Hall–Kier alpha value is -3.42. The SMILES string of the molecule is COc1cc(C2CCC(Nc3cc(-c4cnn(C)c4)cn(CC(C)C)c3=O)CC2)cc(OC)c1OC. The number of rotatable bonds is 9. The van der Waals surface area contributed by atoms with E-state index in [2.05, 4.69) is 36.4 Å². The van der Waals surface area contributed by atoms with Crippen LogP contribution in [0.2, 0.25) is 0 Å². The van der Waals surface area contributed by atoms with Crippen molar-refractivity contribution in [2.75, 3.05) is 26.6 Å². The molecule has 1 fully saturated rings. The lowest BCUT2D eigenvalue weighted by Gasteiger charge is -2.30. The maximum Gasteiger partial charge on any atom is 0.273 e. The van der Waals surface area contributed by atoms with Gasteiger partial charge in [-0.1, -0.05) is 13.8 Å². The topological polar surface area (TPSA) is 79.5 Å². The van der Waals surface area contributed by atoms with Crippen molar-refractivity contribution < 1.29 is 14.2 Å². The molecule has 1 aromatic carbocycles. The fraction of sp³-hybridized carbons (Fsp3) is 0.500. The molecule has 0 saturated heterocycles. The van der Waals surface area contributed by atoms with Crippen molar-refractivity contribution in [3.05, 3.63) is 52.7 Å². The van der Waals surface area contributed by atoms with Crippen LogP contribution in [0.4, 0.5) is 5.69 Å². The highest BCUT2D eigenvalue weighted by molar-refractivity contribution is 5.65. The number of hydrogen-bond donors (Lipinski definition) is 1. The fourth-order valence-electron chi connectivity index (χ4n) is 5.12. The molecule has 0 spiro atoms. The highest BCUT2D eigenvalue weighted by Crippen LogP contribution is 2.43. The Bertz CT molecular complexity index is 1210. The quantitative estimate of drug-likeness (QED) is 0.448. The second-order valence-corrected chi connectivity index (χ2v) is 10.0. The summed E-state index contributed by atoms with van der Waals surface area (Å²) in [4.78, 5) is 13.3. The monoisotopic (exact) mass is 494 g/mol. The molecular weight excluding hydrogens is 456 g/mol. The van der Waals surface area contributed by atoms with Crippen LogP contribution in [0.5, 0.6) is 17.2 Å². The van der Waals surface area contributed by atoms with Crippen LogP contribution < -0.4 is 25.1 Å². The number of aromatic nitrogens is 3. The number of pyridine rings is 1. The highest BCUT2D eigenvalue weighted by atomic mass is 16.5. The zero-order valence-corrected chi connectivity index (χ0v) is 22.2. The summed E-state index contributed by atoms with van der Waals surface area (Å²) in [6.45, 7) is 4.93. The Balaban J connectivity index is 1.52. The predicted molar refractivity (Wildman–Crippen MR) is 142 cm³/mol. The standard InChI is InChI=1S/C28H38N4O4/c1-18(2)15-32-17-21(22-14-29-31(3)16-22)11-24(28(32)33)30-23-9-7-19(8-10-23)20-12-25(34-4)27(36-6)26(13-20)35-5/h11-14,16-19,23,30H,7-10,15H2,1-6H3.